The van der Waals surface area contributed by atoms with Crippen molar-refractivity contribution in [2.75, 3.05) is 13.6 Å². The Labute approximate surface area is 128 Å². The van der Waals surface area contributed by atoms with Gasteiger partial charge in [0.1, 0.15) is 0 Å². The van der Waals surface area contributed by atoms with E-state index >= 15 is 0 Å². The van der Waals surface area contributed by atoms with Gasteiger partial charge in [-0.3, -0.25) is 4.90 Å². The lowest BCUT2D eigenvalue weighted by molar-refractivity contribution is 0.234. The SMILES string of the molecule is CN(Cc1ccc(Cl)s1)C(CN)c1cncn1C1CC1. The Kier molecular flexibility index (Phi) is 4.12. The van der Waals surface area contributed by atoms with E-state index < -0.39 is 0 Å². The second-order valence-electron chi connectivity index (χ2n) is 5.33. The van der Waals surface area contributed by atoms with E-state index in [1.807, 2.05) is 18.6 Å². The largest absolute Gasteiger partial charge is 0.330 e. The maximum absolute atomic E-state index is 6.01. The molecule has 1 aliphatic rings. The molecule has 20 heavy (non-hydrogen) atoms. The summed E-state index contributed by atoms with van der Waals surface area (Å²) < 4.78 is 3.12. The summed E-state index contributed by atoms with van der Waals surface area (Å²) in [7, 11) is 2.11. The maximum atomic E-state index is 6.01. The standard InChI is InChI=1S/C14H19ClN4S/c1-18(8-11-4-5-14(15)20-11)12(6-16)13-7-17-9-19(13)10-2-3-10/h4-5,7,9-10,12H,2-3,6,8,16H2,1H3. The number of nitrogens with two attached hydrogens (primary N) is 1. The molecule has 4 nitrogen and oxygen atoms in total. The van der Waals surface area contributed by atoms with Gasteiger partial charge in [0.2, 0.25) is 0 Å². The first-order valence-electron chi connectivity index (χ1n) is 6.85. The summed E-state index contributed by atoms with van der Waals surface area (Å²) in [6.45, 7) is 1.45. The first-order valence-corrected chi connectivity index (χ1v) is 8.04. The van der Waals surface area contributed by atoms with Crippen LogP contribution in [0.3, 0.4) is 0 Å². The average molecular weight is 311 g/mol. The van der Waals surface area contributed by atoms with Crippen LogP contribution in [0.4, 0.5) is 0 Å². The van der Waals surface area contributed by atoms with Crippen molar-refractivity contribution >= 4 is 22.9 Å². The second-order valence-corrected chi connectivity index (χ2v) is 7.13. The molecular formula is C14H19ClN4S. The topological polar surface area (TPSA) is 47.1 Å². The molecule has 0 amide bonds. The van der Waals surface area contributed by atoms with Crippen molar-refractivity contribution in [3.8, 4) is 0 Å². The molecule has 108 valence electrons. The van der Waals surface area contributed by atoms with E-state index in [9.17, 15) is 0 Å². The van der Waals surface area contributed by atoms with Crippen molar-refractivity contribution in [3.05, 3.63) is 39.6 Å². The maximum Gasteiger partial charge on any atom is 0.0951 e. The molecule has 0 radical (unpaired) electrons. The van der Waals surface area contributed by atoms with E-state index in [2.05, 4.69) is 27.6 Å². The molecule has 2 aromatic heterocycles. The third-order valence-electron chi connectivity index (χ3n) is 3.77. The minimum absolute atomic E-state index is 0.193. The monoisotopic (exact) mass is 310 g/mol. The van der Waals surface area contributed by atoms with Gasteiger partial charge in [-0.25, -0.2) is 4.98 Å². The molecule has 1 atom stereocenters. The molecule has 3 rings (SSSR count). The average Bonchev–Trinajstić information content (AvgIpc) is 3.02. The number of hydrogen-bond acceptors (Lipinski definition) is 4. The van der Waals surface area contributed by atoms with Crippen LogP contribution in [0.15, 0.2) is 24.7 Å². The summed E-state index contributed by atoms with van der Waals surface area (Å²) in [5.41, 5.74) is 7.23. The molecular weight excluding hydrogens is 292 g/mol. The zero-order valence-electron chi connectivity index (χ0n) is 11.5. The Morgan fingerprint density at radius 3 is 2.95 bits per heavy atom. The number of nitrogens with zero attached hydrogens (tertiary/aromatic N) is 3. The Hall–Kier alpha value is -0.880. The lowest BCUT2D eigenvalue weighted by Gasteiger charge is -2.27. The molecule has 6 heteroatoms. The van der Waals surface area contributed by atoms with Crippen LogP contribution in [0, 0.1) is 0 Å². The van der Waals surface area contributed by atoms with Gasteiger partial charge in [-0.05, 0) is 32.0 Å². The van der Waals surface area contributed by atoms with Gasteiger partial charge in [-0.15, -0.1) is 11.3 Å². The van der Waals surface area contributed by atoms with E-state index in [4.69, 9.17) is 17.3 Å². The summed E-state index contributed by atoms with van der Waals surface area (Å²) in [4.78, 5) is 7.84. The molecule has 0 spiro atoms. The minimum Gasteiger partial charge on any atom is -0.330 e. The highest BCUT2D eigenvalue weighted by Gasteiger charge is 2.29. The molecule has 1 fully saturated rings. The quantitative estimate of drug-likeness (QED) is 0.892. The van der Waals surface area contributed by atoms with Gasteiger partial charge in [0.15, 0.2) is 0 Å². The smallest absolute Gasteiger partial charge is 0.0951 e. The van der Waals surface area contributed by atoms with Crippen LogP contribution in [0.2, 0.25) is 4.34 Å². The number of halogens is 1. The predicted octanol–water partition coefficient (Wildman–Crippen LogP) is 3.06. The van der Waals surface area contributed by atoms with Gasteiger partial charge in [0, 0.05) is 30.2 Å². The second kappa shape index (κ2) is 5.85. The van der Waals surface area contributed by atoms with Gasteiger partial charge >= 0.3 is 0 Å². The zero-order valence-corrected chi connectivity index (χ0v) is 13.1. The summed E-state index contributed by atoms with van der Waals surface area (Å²) in [5.74, 6) is 0. The summed E-state index contributed by atoms with van der Waals surface area (Å²) in [5, 5.41) is 0. The van der Waals surface area contributed by atoms with Crippen LogP contribution in [0.5, 0.6) is 0 Å². The van der Waals surface area contributed by atoms with Crippen LogP contribution in [0.1, 0.15) is 35.5 Å². The number of hydrogen-bond donors (Lipinski definition) is 1. The van der Waals surface area contributed by atoms with Gasteiger partial charge in [-0.1, -0.05) is 11.6 Å². The highest BCUT2D eigenvalue weighted by atomic mass is 35.5. The first-order chi connectivity index (χ1) is 9.69. The molecule has 0 bridgehead atoms. The Bertz CT molecular complexity index is 575. The van der Waals surface area contributed by atoms with Crippen LogP contribution < -0.4 is 5.73 Å². The molecule has 1 aliphatic carbocycles. The van der Waals surface area contributed by atoms with Crippen LogP contribution in [-0.4, -0.2) is 28.0 Å². The van der Waals surface area contributed by atoms with Gasteiger partial charge in [0.25, 0.3) is 0 Å². The highest BCUT2D eigenvalue weighted by molar-refractivity contribution is 7.16. The fourth-order valence-electron chi connectivity index (χ4n) is 2.55. The van der Waals surface area contributed by atoms with Crippen molar-refractivity contribution in [1.29, 1.82) is 0 Å². The summed E-state index contributed by atoms with van der Waals surface area (Å²) in [6.07, 6.45) is 6.40. The third kappa shape index (κ3) is 2.91. The fraction of sp³-hybridized carbons (Fsp3) is 0.500. The van der Waals surface area contributed by atoms with Gasteiger partial charge in [-0.2, -0.15) is 0 Å². The fourth-order valence-corrected chi connectivity index (χ4v) is 3.70. The van der Waals surface area contributed by atoms with Crippen LogP contribution in [-0.2, 0) is 6.54 Å². The van der Waals surface area contributed by atoms with E-state index in [1.165, 1.54) is 23.4 Å². The predicted molar refractivity (Wildman–Crippen MR) is 83.1 cm³/mol. The van der Waals surface area contributed by atoms with E-state index in [1.54, 1.807) is 11.3 Å². The summed E-state index contributed by atoms with van der Waals surface area (Å²) in [6, 6.07) is 4.85. The van der Waals surface area contributed by atoms with Crippen molar-refractivity contribution in [2.24, 2.45) is 5.73 Å². The molecule has 0 aromatic carbocycles. The number of likely N-dealkylation sites (N-methyl/N-ethyl adjacent to an activating group) is 1. The van der Waals surface area contributed by atoms with E-state index in [0.29, 0.717) is 12.6 Å². The van der Waals surface area contributed by atoms with Crippen LogP contribution >= 0.6 is 22.9 Å². The van der Waals surface area contributed by atoms with Crippen LogP contribution in [0.25, 0.3) is 0 Å². The number of thiophene rings is 1. The van der Waals surface area contributed by atoms with Crippen molar-refractivity contribution in [1.82, 2.24) is 14.5 Å². The van der Waals surface area contributed by atoms with Crippen molar-refractivity contribution < 1.29 is 0 Å². The Morgan fingerprint density at radius 2 is 2.35 bits per heavy atom. The normalized spacial score (nSPS) is 16.8. The van der Waals surface area contributed by atoms with Gasteiger partial charge in [0.05, 0.1) is 22.4 Å². The summed E-state index contributed by atoms with van der Waals surface area (Å²) >= 11 is 7.62. The molecule has 2 heterocycles. The third-order valence-corrected chi connectivity index (χ3v) is 4.98. The molecule has 0 aliphatic heterocycles. The Morgan fingerprint density at radius 1 is 1.55 bits per heavy atom. The first kappa shape index (κ1) is 14.1. The molecule has 2 N–H and O–H groups in total. The zero-order chi connectivity index (χ0) is 14.1. The molecule has 2 aromatic rings. The van der Waals surface area contributed by atoms with Crippen molar-refractivity contribution in [3.63, 3.8) is 0 Å². The lowest BCUT2D eigenvalue weighted by atomic mass is 10.2. The van der Waals surface area contributed by atoms with E-state index in [-0.39, 0.29) is 6.04 Å². The van der Waals surface area contributed by atoms with E-state index in [0.717, 1.165) is 10.9 Å². The number of rotatable bonds is 6. The molecule has 0 saturated heterocycles. The Balaban J connectivity index is 1.76. The number of imidazole rings is 1. The van der Waals surface area contributed by atoms with Crippen molar-refractivity contribution in [2.45, 2.75) is 31.5 Å². The number of aromatic nitrogens is 2. The minimum atomic E-state index is 0.193. The van der Waals surface area contributed by atoms with Gasteiger partial charge < -0.3 is 10.3 Å². The lowest BCUT2D eigenvalue weighted by Crippen LogP contribution is -2.31. The molecule has 1 unspecified atom stereocenters. The highest BCUT2D eigenvalue weighted by Crippen LogP contribution is 2.37. The molecule has 1 saturated carbocycles.